The number of nitrogens with one attached hydrogen (secondary N) is 1. The van der Waals surface area contributed by atoms with Crippen LogP contribution in [0.2, 0.25) is 5.02 Å². The Balaban J connectivity index is 1.92. The van der Waals surface area contributed by atoms with Gasteiger partial charge in [-0.3, -0.25) is 4.79 Å². The van der Waals surface area contributed by atoms with E-state index in [0.717, 1.165) is 6.07 Å². The second-order valence-corrected chi connectivity index (χ2v) is 5.44. The van der Waals surface area contributed by atoms with Crippen LogP contribution in [0, 0.1) is 0 Å². The van der Waals surface area contributed by atoms with Crippen molar-refractivity contribution in [3.8, 4) is 17.2 Å². The van der Waals surface area contributed by atoms with E-state index in [9.17, 15) is 23.5 Å². The van der Waals surface area contributed by atoms with Crippen LogP contribution in [-0.4, -0.2) is 37.3 Å². The molecule has 2 aromatic rings. The maximum Gasteiger partial charge on any atom is 0.387 e. The number of hydrogen-bond acceptors (Lipinski definition) is 6. The fourth-order valence-electron chi connectivity index (χ4n) is 1.99. The van der Waals surface area contributed by atoms with Gasteiger partial charge in [0.2, 0.25) is 0 Å². The zero-order valence-corrected chi connectivity index (χ0v) is 14.6. The summed E-state index contributed by atoms with van der Waals surface area (Å²) in [5.41, 5.74) is 0.0510. The summed E-state index contributed by atoms with van der Waals surface area (Å²) in [6, 6.07) is 7.61. The van der Waals surface area contributed by atoms with Crippen molar-refractivity contribution in [2.24, 2.45) is 0 Å². The number of methoxy groups -OCH3 is 1. The molecule has 0 aliphatic carbocycles. The molecule has 0 unspecified atom stereocenters. The number of aromatic hydroxyl groups is 1. The first-order valence-corrected chi connectivity index (χ1v) is 7.76. The number of phenolic OH excluding ortho intramolecular Hbond substituents is 1. The average Bonchev–Trinajstić information content (AvgIpc) is 2.61. The van der Waals surface area contributed by atoms with E-state index >= 15 is 0 Å². The van der Waals surface area contributed by atoms with Crippen LogP contribution in [0.25, 0.3) is 0 Å². The highest BCUT2D eigenvalue weighted by Crippen LogP contribution is 2.29. The number of carbonyl (C=O) groups excluding carboxylic acids is 2. The smallest absolute Gasteiger partial charge is 0.387 e. The number of halogens is 3. The number of alkyl halides is 2. The minimum absolute atomic E-state index is 0.131. The van der Waals surface area contributed by atoms with E-state index in [1.807, 2.05) is 0 Å². The molecular formula is C17H14ClF2NO6. The lowest BCUT2D eigenvalue weighted by Gasteiger charge is -2.10. The number of carbonyl (C=O) groups is 2. The van der Waals surface area contributed by atoms with Gasteiger partial charge < -0.3 is 24.6 Å². The van der Waals surface area contributed by atoms with Crippen molar-refractivity contribution in [2.75, 3.05) is 19.0 Å². The van der Waals surface area contributed by atoms with Crippen molar-refractivity contribution in [3.63, 3.8) is 0 Å². The van der Waals surface area contributed by atoms with Crippen molar-refractivity contribution >= 4 is 29.2 Å². The van der Waals surface area contributed by atoms with Gasteiger partial charge in [0.1, 0.15) is 22.8 Å². The molecule has 0 bridgehead atoms. The molecule has 0 fully saturated rings. The predicted molar refractivity (Wildman–Crippen MR) is 91.7 cm³/mol. The van der Waals surface area contributed by atoms with Crippen LogP contribution in [0.5, 0.6) is 17.2 Å². The highest BCUT2D eigenvalue weighted by Gasteiger charge is 2.16. The first kappa shape index (κ1) is 20.2. The fraction of sp³-hybridized carbons (Fsp3) is 0.176. The van der Waals surface area contributed by atoms with Crippen LogP contribution in [0.15, 0.2) is 36.4 Å². The second kappa shape index (κ2) is 9.04. The van der Waals surface area contributed by atoms with Crippen molar-refractivity contribution in [1.29, 1.82) is 0 Å². The number of rotatable bonds is 7. The van der Waals surface area contributed by atoms with E-state index in [1.54, 1.807) is 0 Å². The summed E-state index contributed by atoms with van der Waals surface area (Å²) in [6.45, 7) is -3.67. The summed E-state index contributed by atoms with van der Waals surface area (Å²) in [6.07, 6.45) is 0. The number of benzene rings is 2. The van der Waals surface area contributed by atoms with Crippen molar-refractivity contribution in [2.45, 2.75) is 6.61 Å². The average molecular weight is 402 g/mol. The first-order valence-electron chi connectivity index (χ1n) is 7.38. The molecule has 144 valence electrons. The Morgan fingerprint density at radius 3 is 2.56 bits per heavy atom. The number of anilines is 1. The van der Waals surface area contributed by atoms with Gasteiger partial charge in [0.15, 0.2) is 6.61 Å². The van der Waals surface area contributed by atoms with E-state index < -0.39 is 25.1 Å². The van der Waals surface area contributed by atoms with Gasteiger partial charge in [0.25, 0.3) is 5.91 Å². The van der Waals surface area contributed by atoms with Crippen LogP contribution in [0.1, 0.15) is 10.4 Å². The zero-order valence-electron chi connectivity index (χ0n) is 13.9. The minimum Gasteiger partial charge on any atom is -0.507 e. The number of hydrogen-bond donors (Lipinski definition) is 2. The van der Waals surface area contributed by atoms with Crippen molar-refractivity contribution in [1.82, 2.24) is 0 Å². The van der Waals surface area contributed by atoms with Gasteiger partial charge in [-0.1, -0.05) is 11.6 Å². The lowest BCUT2D eigenvalue weighted by atomic mass is 10.2. The number of ether oxygens (including phenoxy) is 3. The SMILES string of the molecule is COc1ccc(C(=O)OCC(=O)Nc2ccc(OC(F)F)c(Cl)c2)c(O)c1. The molecular weight excluding hydrogens is 388 g/mol. The Kier molecular flexibility index (Phi) is 6.78. The summed E-state index contributed by atoms with van der Waals surface area (Å²) >= 11 is 5.77. The Bertz CT molecular complexity index is 846. The molecule has 0 radical (unpaired) electrons. The lowest BCUT2D eigenvalue weighted by Crippen LogP contribution is -2.21. The van der Waals surface area contributed by atoms with E-state index in [-0.39, 0.29) is 27.8 Å². The summed E-state index contributed by atoms with van der Waals surface area (Å²) in [4.78, 5) is 23.8. The molecule has 0 spiro atoms. The fourth-order valence-corrected chi connectivity index (χ4v) is 2.21. The van der Waals surface area contributed by atoms with Crippen LogP contribution in [0.4, 0.5) is 14.5 Å². The zero-order chi connectivity index (χ0) is 20.0. The predicted octanol–water partition coefficient (Wildman–Crippen LogP) is 3.45. The summed E-state index contributed by atoms with van der Waals surface area (Å²) in [7, 11) is 1.40. The normalized spacial score (nSPS) is 10.4. The molecule has 27 heavy (non-hydrogen) atoms. The van der Waals surface area contributed by atoms with Gasteiger partial charge >= 0.3 is 12.6 Å². The summed E-state index contributed by atoms with van der Waals surface area (Å²) < 4.78 is 38.2. The topological polar surface area (TPSA) is 94.1 Å². The summed E-state index contributed by atoms with van der Waals surface area (Å²) in [5.74, 6) is -1.87. The number of esters is 1. The van der Waals surface area contributed by atoms with E-state index in [2.05, 4.69) is 10.1 Å². The van der Waals surface area contributed by atoms with E-state index in [0.29, 0.717) is 5.75 Å². The van der Waals surface area contributed by atoms with E-state index in [4.69, 9.17) is 21.1 Å². The van der Waals surface area contributed by atoms with Crippen molar-refractivity contribution < 1.29 is 37.7 Å². The van der Waals surface area contributed by atoms with E-state index in [1.165, 1.54) is 37.4 Å². The third kappa shape index (κ3) is 5.71. The monoisotopic (exact) mass is 401 g/mol. The number of phenols is 1. The van der Waals surface area contributed by atoms with Gasteiger partial charge in [0, 0.05) is 11.8 Å². The maximum absolute atomic E-state index is 12.2. The Morgan fingerprint density at radius 1 is 1.22 bits per heavy atom. The largest absolute Gasteiger partial charge is 0.507 e. The van der Waals surface area contributed by atoms with Crippen LogP contribution >= 0.6 is 11.6 Å². The maximum atomic E-state index is 12.2. The molecule has 0 heterocycles. The van der Waals surface area contributed by atoms with Crippen LogP contribution < -0.4 is 14.8 Å². The molecule has 10 heteroatoms. The van der Waals surface area contributed by atoms with Gasteiger partial charge in [0.05, 0.1) is 12.1 Å². The molecule has 0 aromatic heterocycles. The molecule has 0 aliphatic rings. The highest BCUT2D eigenvalue weighted by atomic mass is 35.5. The highest BCUT2D eigenvalue weighted by molar-refractivity contribution is 6.32. The molecule has 7 nitrogen and oxygen atoms in total. The Hall–Kier alpha value is -3.07. The number of amides is 1. The molecule has 2 aromatic carbocycles. The van der Waals surface area contributed by atoms with Gasteiger partial charge in [-0.2, -0.15) is 8.78 Å². The second-order valence-electron chi connectivity index (χ2n) is 5.03. The third-order valence-electron chi connectivity index (χ3n) is 3.19. The van der Waals surface area contributed by atoms with Gasteiger partial charge in [-0.15, -0.1) is 0 Å². The third-order valence-corrected chi connectivity index (χ3v) is 3.49. The van der Waals surface area contributed by atoms with Gasteiger partial charge in [-0.05, 0) is 30.3 Å². The molecule has 0 atom stereocenters. The molecule has 2 rings (SSSR count). The molecule has 0 saturated heterocycles. The summed E-state index contributed by atoms with van der Waals surface area (Å²) in [5, 5.41) is 12.0. The lowest BCUT2D eigenvalue weighted by molar-refractivity contribution is -0.119. The molecule has 0 saturated carbocycles. The molecule has 2 N–H and O–H groups in total. The van der Waals surface area contributed by atoms with Crippen molar-refractivity contribution in [3.05, 3.63) is 47.0 Å². The van der Waals surface area contributed by atoms with Crippen LogP contribution in [0.3, 0.4) is 0 Å². The minimum atomic E-state index is -3.03. The standard InChI is InChI=1S/C17H14ClF2NO6/c1-25-10-3-4-11(13(22)7-10)16(24)26-8-15(23)21-9-2-5-14(12(18)6-9)27-17(19)20/h2-7,17,22H,8H2,1H3,(H,21,23). The van der Waals surface area contributed by atoms with Crippen LogP contribution in [-0.2, 0) is 9.53 Å². The molecule has 1 amide bonds. The first-order chi connectivity index (χ1) is 12.8. The quantitative estimate of drug-likeness (QED) is 0.690. The Labute approximate surface area is 157 Å². The van der Waals surface area contributed by atoms with Gasteiger partial charge in [-0.25, -0.2) is 4.79 Å². The Morgan fingerprint density at radius 2 is 1.96 bits per heavy atom. The molecule has 0 aliphatic heterocycles.